The Bertz CT molecular complexity index is 912. The predicted octanol–water partition coefficient (Wildman–Crippen LogP) is 4.93. The third-order valence-corrected chi connectivity index (χ3v) is 5.48. The van der Waals surface area contributed by atoms with Crippen LogP contribution in [0.3, 0.4) is 0 Å². The Hall–Kier alpha value is -2.14. The highest BCUT2D eigenvalue weighted by atomic mass is 32.1. The highest BCUT2D eigenvalue weighted by Crippen LogP contribution is 2.32. The van der Waals surface area contributed by atoms with E-state index in [4.69, 9.17) is 4.98 Å². The molecule has 2 heterocycles. The van der Waals surface area contributed by atoms with Crippen molar-refractivity contribution in [1.29, 1.82) is 0 Å². The number of aryl methyl sites for hydroxylation is 2. The molecular formula is C19H22N2O2S. The van der Waals surface area contributed by atoms with Gasteiger partial charge in [0.05, 0.1) is 11.4 Å². The molecule has 0 saturated heterocycles. The van der Waals surface area contributed by atoms with Gasteiger partial charge in [0, 0.05) is 11.3 Å². The Balaban J connectivity index is 2.15. The van der Waals surface area contributed by atoms with Crippen molar-refractivity contribution in [2.75, 3.05) is 0 Å². The van der Waals surface area contributed by atoms with Gasteiger partial charge in [-0.1, -0.05) is 63.3 Å². The van der Waals surface area contributed by atoms with Crippen LogP contribution in [0.2, 0.25) is 0 Å². The minimum Gasteiger partial charge on any atom is -0.477 e. The van der Waals surface area contributed by atoms with E-state index in [-0.39, 0.29) is 5.41 Å². The SMILES string of the molecule is CCc1c(-c2ccc(C(C)(C)C)cc2)nc2sc(C(=O)O)c(C)n12. The molecule has 0 unspecified atom stereocenters. The van der Waals surface area contributed by atoms with E-state index in [0.717, 1.165) is 34.0 Å². The molecule has 0 atom stereocenters. The topological polar surface area (TPSA) is 54.6 Å². The van der Waals surface area contributed by atoms with Gasteiger partial charge in [-0.2, -0.15) is 0 Å². The fraction of sp³-hybridized carbons (Fsp3) is 0.368. The second-order valence-electron chi connectivity index (χ2n) is 7.03. The number of carboxylic acids is 1. The number of carbonyl (C=O) groups is 1. The monoisotopic (exact) mass is 342 g/mol. The Morgan fingerprint density at radius 1 is 1.25 bits per heavy atom. The van der Waals surface area contributed by atoms with Crippen molar-refractivity contribution in [2.24, 2.45) is 0 Å². The standard InChI is InChI=1S/C19H22N2O2S/c1-6-14-15(12-7-9-13(10-8-12)19(3,4)5)20-18-21(14)11(2)16(24-18)17(22)23/h7-10H,6H2,1-5H3,(H,22,23). The molecule has 3 aromatic rings. The van der Waals surface area contributed by atoms with Gasteiger partial charge in [-0.3, -0.25) is 4.40 Å². The van der Waals surface area contributed by atoms with Crippen LogP contribution < -0.4 is 0 Å². The van der Waals surface area contributed by atoms with Gasteiger partial charge < -0.3 is 5.11 Å². The third-order valence-electron chi connectivity index (χ3n) is 4.35. The maximum Gasteiger partial charge on any atom is 0.347 e. The summed E-state index contributed by atoms with van der Waals surface area (Å²) in [6.45, 7) is 10.5. The van der Waals surface area contributed by atoms with Gasteiger partial charge in [-0.05, 0) is 24.3 Å². The van der Waals surface area contributed by atoms with Gasteiger partial charge in [0.2, 0.25) is 0 Å². The van der Waals surface area contributed by atoms with Crippen LogP contribution in [0.15, 0.2) is 24.3 Å². The lowest BCUT2D eigenvalue weighted by molar-refractivity contribution is 0.0701. The zero-order chi connectivity index (χ0) is 17.6. The Labute approximate surface area is 145 Å². The summed E-state index contributed by atoms with van der Waals surface area (Å²) in [7, 11) is 0. The number of hydrogen-bond acceptors (Lipinski definition) is 3. The number of thiazole rings is 1. The molecule has 0 aliphatic rings. The first-order valence-corrected chi connectivity index (χ1v) is 8.90. The van der Waals surface area contributed by atoms with Crippen LogP contribution in [0.4, 0.5) is 0 Å². The van der Waals surface area contributed by atoms with E-state index in [1.54, 1.807) is 0 Å². The summed E-state index contributed by atoms with van der Waals surface area (Å²) in [5.41, 5.74) is 5.25. The third kappa shape index (κ3) is 2.63. The van der Waals surface area contributed by atoms with Crippen LogP contribution >= 0.6 is 11.3 Å². The Morgan fingerprint density at radius 3 is 2.38 bits per heavy atom. The van der Waals surface area contributed by atoms with E-state index in [0.29, 0.717) is 4.88 Å². The van der Waals surface area contributed by atoms with Gasteiger partial charge in [0.25, 0.3) is 0 Å². The number of aromatic carboxylic acids is 1. The summed E-state index contributed by atoms with van der Waals surface area (Å²) in [5.74, 6) is -0.888. The number of aromatic nitrogens is 2. The van der Waals surface area contributed by atoms with E-state index in [9.17, 15) is 9.90 Å². The highest BCUT2D eigenvalue weighted by molar-refractivity contribution is 7.19. The molecule has 1 aromatic carbocycles. The summed E-state index contributed by atoms with van der Waals surface area (Å²) >= 11 is 1.24. The average molecular weight is 342 g/mol. The maximum absolute atomic E-state index is 11.3. The minimum atomic E-state index is -0.888. The van der Waals surface area contributed by atoms with E-state index in [2.05, 4.69) is 52.0 Å². The zero-order valence-electron chi connectivity index (χ0n) is 14.7. The quantitative estimate of drug-likeness (QED) is 0.734. The summed E-state index contributed by atoms with van der Waals surface area (Å²) in [5, 5.41) is 9.31. The molecule has 0 amide bonds. The summed E-state index contributed by atoms with van der Waals surface area (Å²) in [4.78, 5) is 17.2. The number of benzene rings is 1. The van der Waals surface area contributed by atoms with Crippen molar-refractivity contribution < 1.29 is 9.90 Å². The fourth-order valence-corrected chi connectivity index (χ4v) is 3.98. The van der Waals surface area contributed by atoms with E-state index in [1.165, 1.54) is 16.9 Å². The van der Waals surface area contributed by atoms with Crippen molar-refractivity contribution in [1.82, 2.24) is 9.38 Å². The first kappa shape index (κ1) is 16.7. The zero-order valence-corrected chi connectivity index (χ0v) is 15.5. The van der Waals surface area contributed by atoms with Crippen LogP contribution in [-0.4, -0.2) is 20.5 Å². The molecule has 3 rings (SSSR count). The van der Waals surface area contributed by atoms with Crippen molar-refractivity contribution >= 4 is 22.3 Å². The van der Waals surface area contributed by atoms with Crippen molar-refractivity contribution in [3.05, 3.63) is 46.1 Å². The molecule has 0 aliphatic carbocycles. The number of fused-ring (bicyclic) bond motifs is 1. The van der Waals surface area contributed by atoms with Crippen molar-refractivity contribution in [3.63, 3.8) is 0 Å². The maximum atomic E-state index is 11.3. The second kappa shape index (κ2) is 5.74. The first-order valence-electron chi connectivity index (χ1n) is 8.09. The molecule has 24 heavy (non-hydrogen) atoms. The Kier molecular flexibility index (Phi) is 4.00. The van der Waals surface area contributed by atoms with Crippen LogP contribution in [0, 0.1) is 6.92 Å². The van der Waals surface area contributed by atoms with Crippen LogP contribution in [-0.2, 0) is 11.8 Å². The summed E-state index contributed by atoms with van der Waals surface area (Å²) in [6.07, 6.45) is 0.800. The smallest absolute Gasteiger partial charge is 0.347 e. The molecule has 1 N–H and O–H groups in total. The summed E-state index contributed by atoms with van der Waals surface area (Å²) in [6, 6.07) is 8.52. The molecular weight excluding hydrogens is 320 g/mol. The molecule has 0 fully saturated rings. The number of imidazole rings is 1. The Morgan fingerprint density at radius 2 is 1.88 bits per heavy atom. The van der Waals surface area contributed by atoms with E-state index >= 15 is 0 Å². The molecule has 0 spiro atoms. The average Bonchev–Trinajstić information content (AvgIpc) is 3.03. The van der Waals surface area contributed by atoms with Gasteiger partial charge in [0.1, 0.15) is 4.88 Å². The molecule has 2 aromatic heterocycles. The number of hydrogen-bond donors (Lipinski definition) is 1. The van der Waals surface area contributed by atoms with Crippen molar-refractivity contribution in [3.8, 4) is 11.3 Å². The predicted molar refractivity (Wildman–Crippen MR) is 98.3 cm³/mol. The van der Waals surface area contributed by atoms with Crippen LogP contribution in [0.25, 0.3) is 16.2 Å². The molecule has 0 aliphatic heterocycles. The number of rotatable bonds is 3. The normalized spacial score (nSPS) is 12.0. The molecule has 0 radical (unpaired) electrons. The van der Waals surface area contributed by atoms with E-state index < -0.39 is 5.97 Å². The highest BCUT2D eigenvalue weighted by Gasteiger charge is 2.22. The molecule has 0 bridgehead atoms. The number of carboxylic acid groups (broad SMARTS) is 1. The van der Waals surface area contributed by atoms with Gasteiger partial charge in [-0.25, -0.2) is 9.78 Å². The lowest BCUT2D eigenvalue weighted by atomic mass is 9.86. The van der Waals surface area contributed by atoms with Crippen LogP contribution in [0.1, 0.15) is 54.3 Å². The lowest BCUT2D eigenvalue weighted by Gasteiger charge is -2.19. The first-order chi connectivity index (χ1) is 11.2. The largest absolute Gasteiger partial charge is 0.477 e. The van der Waals surface area contributed by atoms with Crippen molar-refractivity contribution in [2.45, 2.75) is 46.5 Å². The second-order valence-corrected chi connectivity index (χ2v) is 8.01. The molecule has 5 heteroatoms. The molecule has 126 valence electrons. The van der Waals surface area contributed by atoms with Gasteiger partial charge in [0.15, 0.2) is 4.96 Å². The fourth-order valence-electron chi connectivity index (χ4n) is 3.00. The van der Waals surface area contributed by atoms with Gasteiger partial charge >= 0.3 is 5.97 Å². The molecule has 0 saturated carbocycles. The minimum absolute atomic E-state index is 0.119. The lowest BCUT2D eigenvalue weighted by Crippen LogP contribution is -2.10. The summed E-state index contributed by atoms with van der Waals surface area (Å²) < 4.78 is 1.99. The van der Waals surface area contributed by atoms with E-state index in [1.807, 2.05) is 11.3 Å². The molecule has 4 nitrogen and oxygen atoms in total. The number of nitrogens with zero attached hydrogens (tertiary/aromatic N) is 2. The van der Waals surface area contributed by atoms with Crippen LogP contribution in [0.5, 0.6) is 0 Å². The van der Waals surface area contributed by atoms with Gasteiger partial charge in [-0.15, -0.1) is 0 Å².